The number of nitrogens with zero attached hydrogens (tertiary/aromatic N) is 2. The molecule has 6 heteroatoms. The third-order valence-electron chi connectivity index (χ3n) is 5.52. The largest absolute Gasteiger partial charge is 0.373 e. The van der Waals surface area contributed by atoms with E-state index in [1.165, 1.54) is 6.42 Å². The van der Waals surface area contributed by atoms with Gasteiger partial charge in [-0.2, -0.15) is 0 Å². The number of pyridine rings is 1. The molecule has 2 heterocycles. The van der Waals surface area contributed by atoms with Gasteiger partial charge in [-0.25, -0.2) is 0 Å². The summed E-state index contributed by atoms with van der Waals surface area (Å²) in [6, 6.07) is 3.82. The number of carbonyl (C=O) groups excluding carboxylic acids is 1. The molecule has 2 N–H and O–H groups in total. The van der Waals surface area contributed by atoms with Gasteiger partial charge in [0, 0.05) is 38.2 Å². The van der Waals surface area contributed by atoms with E-state index < -0.39 is 5.91 Å². The Morgan fingerprint density at radius 1 is 1.43 bits per heavy atom. The van der Waals surface area contributed by atoms with Crippen LogP contribution in [-0.2, 0) is 10.3 Å². The van der Waals surface area contributed by atoms with E-state index in [0.29, 0.717) is 17.5 Å². The SMILES string of the molecule is CCN1C[C@H]2CCC[C@@H](C1)[C@]2(OC)c1ccnc(C(N)=O)c1.Cl. The standard InChI is InChI=1S/C17H25N3O2.ClH/c1-3-20-10-13-5-4-6-14(11-20)17(13,22-2)12-7-8-19-15(9-12)16(18)21;/h7-9,13-14H,3-6,10-11H2,1-2H3,(H2,18,21);1H/t13-,14+,17+;. The molecule has 0 radical (unpaired) electrons. The topological polar surface area (TPSA) is 68.4 Å². The third kappa shape index (κ3) is 2.97. The van der Waals surface area contributed by atoms with Gasteiger partial charge in [0.25, 0.3) is 5.91 Å². The maximum Gasteiger partial charge on any atom is 0.267 e. The maximum absolute atomic E-state index is 11.5. The molecule has 2 fully saturated rings. The Kier molecular flexibility index (Phi) is 5.65. The van der Waals surface area contributed by atoms with E-state index in [2.05, 4.69) is 16.8 Å². The molecule has 2 aliphatic rings. The number of methoxy groups -OCH3 is 1. The normalized spacial score (nSPS) is 30.5. The van der Waals surface area contributed by atoms with Crippen molar-refractivity contribution in [3.05, 3.63) is 29.6 Å². The Bertz CT molecular complexity index is 553. The van der Waals surface area contributed by atoms with Gasteiger partial charge in [0.2, 0.25) is 0 Å². The van der Waals surface area contributed by atoms with Crippen LogP contribution in [-0.4, -0.2) is 42.5 Å². The summed E-state index contributed by atoms with van der Waals surface area (Å²) < 4.78 is 6.15. The zero-order valence-electron chi connectivity index (χ0n) is 13.8. The summed E-state index contributed by atoms with van der Waals surface area (Å²) in [5.41, 5.74) is 6.48. The van der Waals surface area contributed by atoms with Crippen LogP contribution in [0.4, 0.5) is 0 Å². The van der Waals surface area contributed by atoms with Crippen molar-refractivity contribution >= 4 is 18.3 Å². The number of halogens is 1. The zero-order valence-corrected chi connectivity index (χ0v) is 14.6. The summed E-state index contributed by atoms with van der Waals surface area (Å²) in [6.07, 6.45) is 5.26. The van der Waals surface area contributed by atoms with E-state index in [9.17, 15) is 4.79 Å². The molecule has 1 aliphatic heterocycles. The molecule has 1 amide bonds. The summed E-state index contributed by atoms with van der Waals surface area (Å²) in [6.45, 7) is 5.40. The fourth-order valence-corrected chi connectivity index (χ4v) is 4.51. The molecule has 2 bridgehead atoms. The van der Waals surface area contributed by atoms with Gasteiger partial charge in [0.15, 0.2) is 0 Å². The zero-order chi connectivity index (χ0) is 15.7. The van der Waals surface area contributed by atoms with Crippen molar-refractivity contribution in [1.29, 1.82) is 0 Å². The van der Waals surface area contributed by atoms with Crippen LogP contribution in [0.25, 0.3) is 0 Å². The number of piperidine rings is 1. The van der Waals surface area contributed by atoms with E-state index in [1.807, 2.05) is 12.1 Å². The van der Waals surface area contributed by atoms with Crippen LogP contribution in [0, 0.1) is 11.8 Å². The molecule has 1 aliphatic carbocycles. The fourth-order valence-electron chi connectivity index (χ4n) is 4.51. The fraction of sp³-hybridized carbons (Fsp3) is 0.647. The second-order valence-electron chi connectivity index (χ2n) is 6.47. The number of nitrogens with two attached hydrogens (primary N) is 1. The number of rotatable bonds is 4. The highest BCUT2D eigenvalue weighted by Crippen LogP contribution is 2.51. The van der Waals surface area contributed by atoms with Gasteiger partial charge in [-0.05, 0) is 37.1 Å². The van der Waals surface area contributed by atoms with Crippen molar-refractivity contribution in [2.75, 3.05) is 26.7 Å². The van der Waals surface area contributed by atoms with E-state index in [0.717, 1.165) is 38.0 Å². The molecule has 0 aromatic carbocycles. The van der Waals surface area contributed by atoms with Gasteiger partial charge in [0.05, 0.1) is 0 Å². The van der Waals surface area contributed by atoms with E-state index in [4.69, 9.17) is 10.5 Å². The van der Waals surface area contributed by atoms with E-state index in [1.54, 1.807) is 13.3 Å². The first-order valence-electron chi connectivity index (χ1n) is 8.15. The van der Waals surface area contributed by atoms with Crippen LogP contribution < -0.4 is 5.73 Å². The lowest BCUT2D eigenvalue weighted by Gasteiger charge is -2.55. The molecule has 3 atom stereocenters. The van der Waals surface area contributed by atoms with Gasteiger partial charge < -0.3 is 15.4 Å². The average molecular weight is 340 g/mol. The summed E-state index contributed by atoms with van der Waals surface area (Å²) >= 11 is 0. The van der Waals surface area contributed by atoms with Crippen LogP contribution in [0.2, 0.25) is 0 Å². The first-order chi connectivity index (χ1) is 10.6. The van der Waals surface area contributed by atoms with Crippen LogP contribution in [0.1, 0.15) is 42.2 Å². The number of amides is 1. The Balaban J connectivity index is 0.00000192. The van der Waals surface area contributed by atoms with Gasteiger partial charge in [-0.3, -0.25) is 9.78 Å². The monoisotopic (exact) mass is 339 g/mol. The lowest BCUT2D eigenvalue weighted by atomic mass is 9.62. The number of likely N-dealkylation sites (tertiary alicyclic amines) is 1. The molecule has 1 aromatic rings. The Morgan fingerprint density at radius 3 is 2.61 bits per heavy atom. The Morgan fingerprint density at radius 2 is 2.09 bits per heavy atom. The maximum atomic E-state index is 11.5. The quantitative estimate of drug-likeness (QED) is 0.913. The minimum absolute atomic E-state index is 0. The molecule has 3 rings (SSSR count). The van der Waals surface area contributed by atoms with Crippen LogP contribution >= 0.6 is 12.4 Å². The second kappa shape index (κ2) is 7.16. The van der Waals surface area contributed by atoms with Gasteiger partial charge in [-0.15, -0.1) is 12.4 Å². The Labute approximate surface area is 144 Å². The summed E-state index contributed by atoms with van der Waals surface area (Å²) in [7, 11) is 1.80. The van der Waals surface area contributed by atoms with Crippen LogP contribution in [0.5, 0.6) is 0 Å². The highest BCUT2D eigenvalue weighted by atomic mass is 35.5. The van der Waals surface area contributed by atoms with Crippen LogP contribution in [0.3, 0.4) is 0 Å². The van der Waals surface area contributed by atoms with Crippen LogP contribution in [0.15, 0.2) is 18.3 Å². The first kappa shape index (κ1) is 18.2. The average Bonchev–Trinajstić information content (AvgIpc) is 2.53. The highest BCUT2D eigenvalue weighted by molar-refractivity contribution is 5.90. The smallest absolute Gasteiger partial charge is 0.267 e. The Hall–Kier alpha value is -1.17. The number of fused-ring (bicyclic) bond motifs is 2. The van der Waals surface area contributed by atoms with Crippen molar-refractivity contribution < 1.29 is 9.53 Å². The number of hydrogen-bond acceptors (Lipinski definition) is 4. The molecular formula is C17H26ClN3O2. The molecule has 23 heavy (non-hydrogen) atoms. The minimum atomic E-state index is -0.482. The summed E-state index contributed by atoms with van der Waals surface area (Å²) in [5.74, 6) is 0.422. The predicted molar refractivity (Wildman–Crippen MR) is 91.6 cm³/mol. The van der Waals surface area contributed by atoms with Gasteiger partial charge in [-0.1, -0.05) is 13.3 Å². The first-order valence-corrected chi connectivity index (χ1v) is 8.15. The number of carbonyl (C=O) groups is 1. The van der Waals surface area contributed by atoms with Crippen molar-refractivity contribution in [2.45, 2.75) is 31.8 Å². The summed E-state index contributed by atoms with van der Waals surface area (Å²) in [4.78, 5) is 18.1. The third-order valence-corrected chi connectivity index (χ3v) is 5.52. The number of hydrogen-bond donors (Lipinski definition) is 1. The molecule has 5 nitrogen and oxygen atoms in total. The summed E-state index contributed by atoms with van der Waals surface area (Å²) in [5, 5.41) is 0. The molecule has 0 unspecified atom stereocenters. The number of aromatic nitrogens is 1. The van der Waals surface area contributed by atoms with Gasteiger partial charge >= 0.3 is 0 Å². The molecule has 1 aromatic heterocycles. The molecule has 128 valence electrons. The van der Waals surface area contributed by atoms with Crippen molar-refractivity contribution in [3.8, 4) is 0 Å². The van der Waals surface area contributed by atoms with Crippen molar-refractivity contribution in [3.63, 3.8) is 0 Å². The minimum Gasteiger partial charge on any atom is -0.373 e. The van der Waals surface area contributed by atoms with Crippen molar-refractivity contribution in [2.24, 2.45) is 17.6 Å². The number of primary amides is 1. The van der Waals surface area contributed by atoms with E-state index >= 15 is 0 Å². The van der Waals surface area contributed by atoms with Gasteiger partial charge in [0.1, 0.15) is 11.3 Å². The molecular weight excluding hydrogens is 314 g/mol. The van der Waals surface area contributed by atoms with Crippen molar-refractivity contribution in [1.82, 2.24) is 9.88 Å². The van der Waals surface area contributed by atoms with E-state index in [-0.39, 0.29) is 18.0 Å². The molecule has 1 saturated heterocycles. The molecule has 1 saturated carbocycles. The lowest BCUT2D eigenvalue weighted by Crippen LogP contribution is -2.59. The molecule has 0 spiro atoms. The second-order valence-corrected chi connectivity index (χ2v) is 6.47. The lowest BCUT2D eigenvalue weighted by molar-refractivity contribution is -0.168. The predicted octanol–water partition coefficient (Wildman–Crippen LogP) is 2.20. The highest BCUT2D eigenvalue weighted by Gasteiger charge is 2.53. The number of ether oxygens (including phenoxy) is 1.